The highest BCUT2D eigenvalue weighted by molar-refractivity contribution is 5.32. The van der Waals surface area contributed by atoms with Gasteiger partial charge in [0, 0.05) is 24.2 Å². The Bertz CT molecular complexity index is 723. The van der Waals surface area contributed by atoms with Gasteiger partial charge in [0.05, 0.1) is 31.1 Å². The molecule has 4 heteroatoms. The lowest BCUT2D eigenvalue weighted by Gasteiger charge is -2.39. The van der Waals surface area contributed by atoms with Crippen molar-refractivity contribution in [2.24, 2.45) is 16.7 Å². The molecule has 0 spiro atoms. The Kier molecular flexibility index (Phi) is 7.99. The Morgan fingerprint density at radius 1 is 1.00 bits per heavy atom. The highest BCUT2D eigenvalue weighted by Gasteiger charge is 2.34. The van der Waals surface area contributed by atoms with E-state index in [1.807, 2.05) is 12.1 Å². The molecule has 1 fully saturated rings. The molecular weight excluding hydrogens is 374 g/mol. The van der Waals surface area contributed by atoms with Crippen molar-refractivity contribution in [2.75, 3.05) is 13.2 Å². The summed E-state index contributed by atoms with van der Waals surface area (Å²) in [6.07, 6.45) is 4.14. The molecule has 2 rings (SSSR count). The smallest absolute Gasteiger partial charge is 0.138 e. The van der Waals surface area contributed by atoms with Crippen molar-refractivity contribution in [3.8, 4) is 17.6 Å². The van der Waals surface area contributed by atoms with Crippen molar-refractivity contribution in [3.63, 3.8) is 0 Å². The third kappa shape index (κ3) is 8.66. The van der Waals surface area contributed by atoms with Crippen molar-refractivity contribution in [1.82, 2.24) is 4.98 Å². The van der Waals surface area contributed by atoms with Gasteiger partial charge in [-0.3, -0.25) is 0 Å². The van der Waals surface area contributed by atoms with E-state index in [0.717, 1.165) is 30.9 Å². The third-order valence-electron chi connectivity index (χ3n) is 5.21. The van der Waals surface area contributed by atoms with Crippen LogP contribution in [0.3, 0.4) is 0 Å². The molecule has 0 aromatic carbocycles. The molecule has 0 N–H and O–H groups in total. The maximum absolute atomic E-state index is 5.99. The predicted molar refractivity (Wildman–Crippen MR) is 123 cm³/mol. The first-order valence-electron chi connectivity index (χ1n) is 11.1. The minimum atomic E-state index is -0.0953. The largest absolute Gasteiger partial charge is 0.489 e. The molecule has 0 radical (unpaired) electrons. The first-order chi connectivity index (χ1) is 13.7. The Balaban J connectivity index is 1.81. The van der Waals surface area contributed by atoms with Crippen LogP contribution in [0.2, 0.25) is 0 Å². The summed E-state index contributed by atoms with van der Waals surface area (Å²) in [6.45, 7) is 20.8. The zero-order valence-electron chi connectivity index (χ0n) is 20.5. The molecule has 1 heterocycles. The number of hydrogen-bond acceptors (Lipinski definition) is 4. The van der Waals surface area contributed by atoms with Crippen LogP contribution < -0.4 is 4.74 Å². The quantitative estimate of drug-likeness (QED) is 0.521. The molecule has 0 saturated heterocycles. The standard InChI is InChI=1S/C26H41NO3/c1-19(26(8,9)18-28-17-24(2,3)4)10-11-20-12-13-21(16-27-20)29-22-14-23(15-22)30-25(5,6)7/h12-13,16,19,22-23H,14-15,17-18H2,1-9H3. The Hall–Kier alpha value is -1.57. The molecule has 1 unspecified atom stereocenters. The second-order valence-corrected chi connectivity index (χ2v) is 11.5. The van der Waals surface area contributed by atoms with E-state index in [2.05, 4.69) is 79.1 Å². The summed E-state index contributed by atoms with van der Waals surface area (Å²) in [5.41, 5.74) is 0.834. The van der Waals surface area contributed by atoms with Gasteiger partial charge in [0.1, 0.15) is 17.5 Å². The third-order valence-corrected chi connectivity index (χ3v) is 5.21. The molecule has 0 aliphatic heterocycles. The number of ether oxygens (including phenoxy) is 3. The summed E-state index contributed by atoms with van der Waals surface area (Å²) in [5, 5.41) is 0. The second kappa shape index (κ2) is 9.71. The molecule has 30 heavy (non-hydrogen) atoms. The fraction of sp³-hybridized carbons (Fsp3) is 0.731. The molecule has 0 bridgehead atoms. The van der Waals surface area contributed by atoms with Gasteiger partial charge in [0.15, 0.2) is 0 Å². The van der Waals surface area contributed by atoms with E-state index in [1.54, 1.807) is 6.20 Å². The Labute approximate surface area is 184 Å². The molecule has 1 aromatic heterocycles. The first-order valence-corrected chi connectivity index (χ1v) is 11.1. The van der Waals surface area contributed by atoms with Crippen LogP contribution in [0, 0.1) is 28.6 Å². The molecule has 168 valence electrons. The van der Waals surface area contributed by atoms with Crippen LogP contribution in [0.1, 0.15) is 80.8 Å². The van der Waals surface area contributed by atoms with E-state index in [4.69, 9.17) is 14.2 Å². The highest BCUT2D eigenvalue weighted by Crippen LogP contribution is 2.31. The fourth-order valence-corrected chi connectivity index (χ4v) is 3.05. The van der Waals surface area contributed by atoms with Crippen molar-refractivity contribution in [2.45, 2.75) is 93.0 Å². The normalized spacial score (nSPS) is 20.7. The zero-order chi connectivity index (χ0) is 22.6. The summed E-state index contributed by atoms with van der Waals surface area (Å²) >= 11 is 0. The van der Waals surface area contributed by atoms with E-state index in [9.17, 15) is 0 Å². The fourth-order valence-electron chi connectivity index (χ4n) is 3.05. The maximum Gasteiger partial charge on any atom is 0.138 e. The highest BCUT2D eigenvalue weighted by atomic mass is 16.5. The summed E-state index contributed by atoms with van der Waals surface area (Å²) in [7, 11) is 0. The topological polar surface area (TPSA) is 40.6 Å². The molecule has 1 saturated carbocycles. The van der Waals surface area contributed by atoms with E-state index in [-0.39, 0.29) is 28.5 Å². The summed E-state index contributed by atoms with van der Waals surface area (Å²) in [6, 6.07) is 3.89. The van der Waals surface area contributed by atoms with Crippen LogP contribution in [0.25, 0.3) is 0 Å². The van der Waals surface area contributed by atoms with Gasteiger partial charge in [-0.2, -0.15) is 0 Å². The molecule has 1 aliphatic carbocycles. The number of nitrogens with zero attached hydrogens (tertiary/aromatic N) is 1. The van der Waals surface area contributed by atoms with Crippen LogP contribution in [0.4, 0.5) is 0 Å². The lowest BCUT2D eigenvalue weighted by molar-refractivity contribution is -0.126. The maximum atomic E-state index is 5.99. The van der Waals surface area contributed by atoms with Crippen molar-refractivity contribution in [1.29, 1.82) is 0 Å². The number of aromatic nitrogens is 1. The minimum absolute atomic E-state index is 0.0167. The van der Waals surface area contributed by atoms with Crippen LogP contribution in [0.5, 0.6) is 5.75 Å². The van der Waals surface area contributed by atoms with Crippen LogP contribution in [0.15, 0.2) is 18.3 Å². The van der Waals surface area contributed by atoms with Gasteiger partial charge in [-0.1, -0.05) is 47.5 Å². The van der Waals surface area contributed by atoms with Gasteiger partial charge in [0.2, 0.25) is 0 Å². The van der Waals surface area contributed by atoms with Crippen LogP contribution in [-0.4, -0.2) is 36.0 Å². The van der Waals surface area contributed by atoms with E-state index in [1.165, 1.54) is 0 Å². The lowest BCUT2D eigenvalue weighted by Crippen LogP contribution is -2.43. The summed E-state index contributed by atoms with van der Waals surface area (Å²) < 4.78 is 17.9. The van der Waals surface area contributed by atoms with Crippen LogP contribution >= 0.6 is 0 Å². The monoisotopic (exact) mass is 415 g/mol. The van der Waals surface area contributed by atoms with E-state index < -0.39 is 0 Å². The molecular formula is C26H41NO3. The number of rotatable bonds is 7. The molecule has 1 aromatic rings. The van der Waals surface area contributed by atoms with E-state index >= 15 is 0 Å². The first kappa shape index (κ1) is 24.7. The van der Waals surface area contributed by atoms with Crippen molar-refractivity contribution in [3.05, 3.63) is 24.0 Å². The van der Waals surface area contributed by atoms with Gasteiger partial charge < -0.3 is 14.2 Å². The Morgan fingerprint density at radius 2 is 1.67 bits per heavy atom. The predicted octanol–water partition coefficient (Wildman–Crippen LogP) is 5.88. The molecule has 1 atom stereocenters. The van der Waals surface area contributed by atoms with E-state index in [0.29, 0.717) is 12.7 Å². The minimum Gasteiger partial charge on any atom is -0.489 e. The zero-order valence-corrected chi connectivity index (χ0v) is 20.5. The lowest BCUT2D eigenvalue weighted by atomic mass is 9.81. The Morgan fingerprint density at radius 3 is 2.20 bits per heavy atom. The molecule has 0 amide bonds. The average Bonchev–Trinajstić information content (AvgIpc) is 2.56. The van der Waals surface area contributed by atoms with Gasteiger partial charge in [0.25, 0.3) is 0 Å². The van der Waals surface area contributed by atoms with Crippen LogP contribution in [-0.2, 0) is 9.47 Å². The number of hydrogen-bond donors (Lipinski definition) is 0. The van der Waals surface area contributed by atoms with Gasteiger partial charge in [-0.15, -0.1) is 0 Å². The summed E-state index contributed by atoms with van der Waals surface area (Å²) in [4.78, 5) is 4.46. The summed E-state index contributed by atoms with van der Waals surface area (Å²) in [5.74, 6) is 7.55. The molecule has 1 aliphatic rings. The SMILES string of the molecule is CC(C#Cc1ccc(OC2CC(OC(C)(C)C)C2)cn1)C(C)(C)COCC(C)(C)C. The average molecular weight is 416 g/mol. The van der Waals surface area contributed by atoms with Gasteiger partial charge >= 0.3 is 0 Å². The van der Waals surface area contributed by atoms with Crippen molar-refractivity contribution < 1.29 is 14.2 Å². The van der Waals surface area contributed by atoms with Gasteiger partial charge in [-0.25, -0.2) is 4.98 Å². The number of pyridine rings is 1. The second-order valence-electron chi connectivity index (χ2n) is 11.5. The molecule has 4 nitrogen and oxygen atoms in total. The van der Waals surface area contributed by atoms with Crippen molar-refractivity contribution >= 4 is 0 Å². The van der Waals surface area contributed by atoms with Gasteiger partial charge in [-0.05, 0) is 44.2 Å².